The summed E-state index contributed by atoms with van der Waals surface area (Å²) in [7, 11) is 1.68. The number of nitrogens with zero attached hydrogens (tertiary/aromatic N) is 3. The number of ether oxygens (including phenoxy) is 1. The van der Waals surface area contributed by atoms with E-state index in [0.717, 1.165) is 26.6 Å². The van der Waals surface area contributed by atoms with Crippen molar-refractivity contribution < 1.29 is 18.3 Å². The molecule has 0 aliphatic carbocycles. The third-order valence-corrected chi connectivity index (χ3v) is 9.96. The van der Waals surface area contributed by atoms with Crippen LogP contribution in [-0.2, 0) is 12.4 Å². The van der Waals surface area contributed by atoms with Crippen molar-refractivity contribution in [2.45, 2.75) is 42.3 Å². The number of hydrogen-bond donors (Lipinski definition) is 0. The number of amides is 1. The first kappa shape index (κ1) is 29.2. The number of benzene rings is 3. The summed E-state index contributed by atoms with van der Waals surface area (Å²) in [5.41, 5.74) is 2.16. The number of thioether (sulfide) groups is 1. The Balaban J connectivity index is 1.61. The number of hydrogen-bond acceptors (Lipinski definition) is 5. The van der Waals surface area contributed by atoms with Crippen molar-refractivity contribution >= 4 is 33.6 Å². The second-order valence-corrected chi connectivity index (χ2v) is 12.2. The van der Waals surface area contributed by atoms with Crippen LogP contribution >= 0.6 is 27.7 Å². The Kier molecular flexibility index (Phi) is 8.15. The minimum Gasteiger partial charge on any atom is -0.482 e. The zero-order valence-corrected chi connectivity index (χ0v) is 25.7. The molecule has 0 saturated heterocycles. The van der Waals surface area contributed by atoms with Gasteiger partial charge in [-0.2, -0.15) is 0 Å². The molecule has 6 nitrogen and oxygen atoms in total. The Hall–Kier alpha value is -3.89. The number of aromatic nitrogens is 1. The molecular weight excluding hydrogens is 636 g/mol. The number of fused-ring (bicyclic) bond motifs is 3. The molecule has 6 rings (SSSR count). The van der Waals surface area contributed by atoms with E-state index in [1.807, 2.05) is 53.5 Å². The summed E-state index contributed by atoms with van der Waals surface area (Å²) < 4.78 is 38.6. The quantitative estimate of drug-likeness (QED) is 0.196. The molecule has 0 bridgehead atoms. The van der Waals surface area contributed by atoms with E-state index >= 15 is 4.39 Å². The van der Waals surface area contributed by atoms with Crippen LogP contribution in [0, 0.1) is 11.6 Å². The Morgan fingerprint density at radius 1 is 1.05 bits per heavy atom. The van der Waals surface area contributed by atoms with E-state index in [2.05, 4.69) is 22.5 Å². The smallest absolute Gasteiger partial charge is 0.277 e. The van der Waals surface area contributed by atoms with Crippen molar-refractivity contribution in [1.29, 1.82) is 0 Å². The number of halogens is 3. The highest BCUT2D eigenvalue weighted by molar-refractivity contribution is 9.10. The third kappa shape index (κ3) is 5.16. The summed E-state index contributed by atoms with van der Waals surface area (Å²) in [6, 6.07) is 18.6. The molecule has 0 spiro atoms. The molecule has 0 N–H and O–H groups in total. The molecule has 2 atom stereocenters. The molecule has 10 heteroatoms. The van der Waals surface area contributed by atoms with Gasteiger partial charge in [0, 0.05) is 40.0 Å². The van der Waals surface area contributed by atoms with Gasteiger partial charge >= 0.3 is 0 Å². The number of carbonyl (C=O) groups excluding carboxylic acids is 1. The normalized spacial score (nSPS) is 17.5. The van der Waals surface area contributed by atoms with Gasteiger partial charge in [-0.25, -0.2) is 8.78 Å². The summed E-state index contributed by atoms with van der Waals surface area (Å²) in [4.78, 5) is 29.7. The second kappa shape index (κ2) is 12.0. The minimum atomic E-state index is -0.919. The summed E-state index contributed by atoms with van der Waals surface area (Å²) in [6.45, 7) is 3.97. The van der Waals surface area contributed by atoms with E-state index < -0.39 is 29.3 Å². The number of allylic oxidation sites excluding steroid dienone is 1. The molecule has 2 unspecified atom stereocenters. The number of carbonyl (C=O) groups is 1. The topological polar surface area (TPSA) is 54.8 Å². The zero-order valence-electron chi connectivity index (χ0n) is 23.3. The van der Waals surface area contributed by atoms with Gasteiger partial charge in [0.1, 0.15) is 12.8 Å². The van der Waals surface area contributed by atoms with Crippen LogP contribution in [0.2, 0.25) is 0 Å². The highest BCUT2D eigenvalue weighted by Crippen LogP contribution is 2.47. The zero-order chi connectivity index (χ0) is 30.2. The Morgan fingerprint density at radius 2 is 1.84 bits per heavy atom. The van der Waals surface area contributed by atoms with E-state index in [0.29, 0.717) is 18.4 Å². The van der Waals surface area contributed by atoms with E-state index in [1.165, 1.54) is 17.8 Å². The Labute approximate surface area is 260 Å². The first-order chi connectivity index (χ1) is 20.8. The van der Waals surface area contributed by atoms with Gasteiger partial charge in [0.05, 0.1) is 6.04 Å². The summed E-state index contributed by atoms with van der Waals surface area (Å²) in [6.07, 6.45) is 3.91. The van der Waals surface area contributed by atoms with Gasteiger partial charge in [-0.1, -0.05) is 54.6 Å². The number of pyridine rings is 1. The monoisotopic (exact) mass is 663 g/mol. The lowest BCUT2D eigenvalue weighted by atomic mass is 9.92. The van der Waals surface area contributed by atoms with E-state index in [-0.39, 0.29) is 35.3 Å². The fourth-order valence-electron chi connectivity index (χ4n) is 5.78. The predicted octanol–water partition coefficient (Wildman–Crippen LogP) is 7.18. The van der Waals surface area contributed by atoms with Crippen LogP contribution in [0.5, 0.6) is 5.75 Å². The standard InChI is InChI=1S/C33H28BrF2N3O3S/c1-3-4-13-27-37(2)33(41)30-31(42-18-20-9-6-5-7-10-20)26(40)16-17-38(30)39(27)29-21-14-15-25(35)28(36)23(21)19-43-32-22(29)11-8-12-24(32)34/h3,5-12,14-17,27,29H,1,4,13,18-19H2,2H3. The minimum absolute atomic E-state index is 0.0679. The summed E-state index contributed by atoms with van der Waals surface area (Å²) in [5, 5.41) is 1.97. The lowest BCUT2D eigenvalue weighted by Crippen LogP contribution is -2.61. The van der Waals surface area contributed by atoms with Crippen molar-refractivity contribution in [1.82, 2.24) is 9.58 Å². The van der Waals surface area contributed by atoms with E-state index in [9.17, 15) is 14.0 Å². The molecule has 2 aliphatic heterocycles. The second-order valence-electron chi connectivity index (χ2n) is 10.4. The maximum absolute atomic E-state index is 15.5. The van der Waals surface area contributed by atoms with Crippen molar-refractivity contribution in [3.8, 4) is 5.75 Å². The molecule has 0 radical (unpaired) electrons. The third-order valence-electron chi connectivity index (χ3n) is 7.86. The van der Waals surface area contributed by atoms with Crippen LogP contribution in [0.15, 0.2) is 99.7 Å². The molecule has 0 fully saturated rings. The van der Waals surface area contributed by atoms with Crippen molar-refractivity contribution in [3.05, 3.63) is 140 Å². The maximum Gasteiger partial charge on any atom is 0.277 e. The first-order valence-corrected chi connectivity index (χ1v) is 15.6. The van der Waals surface area contributed by atoms with E-state index in [1.54, 1.807) is 35.0 Å². The van der Waals surface area contributed by atoms with Gasteiger partial charge in [0.2, 0.25) is 5.43 Å². The van der Waals surface area contributed by atoms with Crippen LogP contribution in [0.1, 0.15) is 51.6 Å². The Bertz CT molecular complexity index is 1780. The number of rotatable bonds is 7. The van der Waals surface area contributed by atoms with Crippen molar-refractivity contribution in [2.75, 3.05) is 12.1 Å². The van der Waals surface area contributed by atoms with Crippen LogP contribution in [0.25, 0.3) is 0 Å². The molecule has 2 aliphatic rings. The van der Waals surface area contributed by atoms with Gasteiger partial charge in [0.25, 0.3) is 5.91 Å². The fourth-order valence-corrected chi connectivity index (χ4v) is 7.64. The highest BCUT2D eigenvalue weighted by Gasteiger charge is 2.44. The van der Waals surface area contributed by atoms with Crippen LogP contribution < -0.4 is 15.2 Å². The van der Waals surface area contributed by atoms with Crippen LogP contribution in [0.4, 0.5) is 8.78 Å². The molecule has 1 amide bonds. The molecule has 3 heterocycles. The molecule has 1 aromatic heterocycles. The fraction of sp³-hybridized carbons (Fsp3) is 0.212. The molecule has 43 heavy (non-hydrogen) atoms. The highest BCUT2D eigenvalue weighted by atomic mass is 79.9. The molecule has 4 aromatic rings. The van der Waals surface area contributed by atoms with Gasteiger partial charge in [-0.3, -0.25) is 19.3 Å². The summed E-state index contributed by atoms with van der Waals surface area (Å²) in [5.74, 6) is -2.05. The van der Waals surface area contributed by atoms with Crippen LogP contribution in [0.3, 0.4) is 0 Å². The lowest BCUT2D eigenvalue weighted by Gasteiger charge is -2.49. The van der Waals surface area contributed by atoms with Gasteiger partial charge in [-0.05, 0) is 57.6 Å². The molecule has 0 saturated carbocycles. The molecule has 3 aromatic carbocycles. The predicted molar refractivity (Wildman–Crippen MR) is 167 cm³/mol. The first-order valence-electron chi connectivity index (χ1n) is 13.8. The van der Waals surface area contributed by atoms with Gasteiger partial charge < -0.3 is 9.64 Å². The Morgan fingerprint density at radius 3 is 2.60 bits per heavy atom. The van der Waals surface area contributed by atoms with Gasteiger partial charge in [0.15, 0.2) is 23.1 Å². The van der Waals surface area contributed by atoms with Gasteiger partial charge in [-0.15, -0.1) is 18.3 Å². The van der Waals surface area contributed by atoms with Crippen molar-refractivity contribution in [2.24, 2.45) is 0 Å². The molecular formula is C33H28BrF2N3O3S. The van der Waals surface area contributed by atoms with Crippen LogP contribution in [-0.4, -0.2) is 28.7 Å². The maximum atomic E-state index is 15.5. The van der Waals surface area contributed by atoms with E-state index in [4.69, 9.17) is 4.74 Å². The lowest BCUT2D eigenvalue weighted by molar-refractivity contribution is 0.0603. The largest absolute Gasteiger partial charge is 0.482 e. The average Bonchev–Trinajstić information content (AvgIpc) is 3.18. The summed E-state index contributed by atoms with van der Waals surface area (Å²) >= 11 is 5.09. The SMILES string of the molecule is C=CCCC1N(C)C(=O)c2c(OCc3ccccc3)c(=O)ccn2N1C1c2ccc(F)c(F)c2CSc2c(Br)cccc21. The molecule has 220 valence electrons. The van der Waals surface area contributed by atoms with Crippen molar-refractivity contribution in [3.63, 3.8) is 0 Å². The average molecular weight is 665 g/mol.